The molecule has 124 valence electrons. The van der Waals surface area contributed by atoms with Crippen LogP contribution in [-0.2, 0) is 4.79 Å². The lowest BCUT2D eigenvalue weighted by Gasteiger charge is -2.39. The number of carbonyl (C=O) groups is 2. The number of nitrogens with one attached hydrogen (secondary N) is 1. The minimum atomic E-state index is 0.0652. The van der Waals surface area contributed by atoms with Gasteiger partial charge in [-0.15, -0.1) is 0 Å². The fraction of sp³-hybridized carbons (Fsp3) is 0.556. The van der Waals surface area contributed by atoms with Crippen LogP contribution in [0.1, 0.15) is 30.1 Å². The van der Waals surface area contributed by atoms with Crippen LogP contribution in [0.25, 0.3) is 0 Å². The maximum atomic E-state index is 12.7. The van der Waals surface area contributed by atoms with Gasteiger partial charge in [-0.1, -0.05) is 18.2 Å². The van der Waals surface area contributed by atoms with Gasteiger partial charge in [0.05, 0.1) is 0 Å². The van der Waals surface area contributed by atoms with E-state index < -0.39 is 0 Å². The van der Waals surface area contributed by atoms with Gasteiger partial charge < -0.3 is 15.1 Å². The van der Waals surface area contributed by atoms with Crippen LogP contribution in [0.2, 0.25) is 0 Å². The number of rotatable bonds is 2. The van der Waals surface area contributed by atoms with Crippen molar-refractivity contribution in [1.82, 2.24) is 15.1 Å². The summed E-state index contributed by atoms with van der Waals surface area (Å²) in [5.41, 5.74) is 0.730. The molecule has 2 aliphatic rings. The van der Waals surface area contributed by atoms with Gasteiger partial charge in [-0.3, -0.25) is 9.59 Å². The molecule has 1 aromatic carbocycles. The highest BCUT2D eigenvalue weighted by Crippen LogP contribution is 2.22. The minimum Gasteiger partial charge on any atom is -0.339 e. The van der Waals surface area contributed by atoms with Crippen molar-refractivity contribution in [2.75, 3.05) is 32.7 Å². The fourth-order valence-electron chi connectivity index (χ4n) is 3.50. The molecule has 0 bridgehead atoms. The highest BCUT2D eigenvalue weighted by Gasteiger charge is 2.32. The number of nitrogens with zero attached hydrogens (tertiary/aromatic N) is 2. The summed E-state index contributed by atoms with van der Waals surface area (Å²) < 4.78 is 0. The van der Waals surface area contributed by atoms with E-state index in [4.69, 9.17) is 0 Å². The third kappa shape index (κ3) is 3.55. The normalized spacial score (nSPS) is 22.9. The predicted octanol–water partition coefficient (Wildman–Crippen LogP) is 1.36. The van der Waals surface area contributed by atoms with Gasteiger partial charge in [0.1, 0.15) is 0 Å². The van der Waals surface area contributed by atoms with Crippen LogP contribution >= 0.6 is 0 Å². The number of amides is 2. The lowest BCUT2D eigenvalue weighted by atomic mass is 9.94. The number of likely N-dealkylation sites (tertiary alicyclic amines) is 1. The smallest absolute Gasteiger partial charge is 0.253 e. The molecule has 3 rings (SSSR count). The van der Waals surface area contributed by atoms with Crippen molar-refractivity contribution < 1.29 is 9.59 Å². The van der Waals surface area contributed by atoms with Crippen molar-refractivity contribution in [2.24, 2.45) is 5.92 Å². The van der Waals surface area contributed by atoms with Crippen molar-refractivity contribution in [3.05, 3.63) is 35.9 Å². The largest absolute Gasteiger partial charge is 0.339 e. The van der Waals surface area contributed by atoms with Crippen LogP contribution < -0.4 is 5.32 Å². The topological polar surface area (TPSA) is 52.7 Å². The van der Waals surface area contributed by atoms with Crippen LogP contribution in [-0.4, -0.2) is 60.4 Å². The lowest BCUT2D eigenvalue weighted by Crippen LogP contribution is -2.55. The van der Waals surface area contributed by atoms with Gasteiger partial charge >= 0.3 is 0 Å². The van der Waals surface area contributed by atoms with Crippen LogP contribution in [0.5, 0.6) is 0 Å². The first kappa shape index (κ1) is 16.0. The summed E-state index contributed by atoms with van der Waals surface area (Å²) in [5, 5.41) is 3.32. The molecule has 0 saturated carbocycles. The summed E-state index contributed by atoms with van der Waals surface area (Å²) in [6, 6.07) is 9.64. The second kappa shape index (κ2) is 7.13. The Balaban J connectivity index is 1.56. The monoisotopic (exact) mass is 315 g/mol. The zero-order valence-electron chi connectivity index (χ0n) is 13.7. The molecule has 2 fully saturated rings. The van der Waals surface area contributed by atoms with Gasteiger partial charge in [0.2, 0.25) is 5.91 Å². The maximum absolute atomic E-state index is 12.7. The molecule has 0 aliphatic carbocycles. The van der Waals surface area contributed by atoms with E-state index in [2.05, 4.69) is 12.2 Å². The fourth-order valence-corrected chi connectivity index (χ4v) is 3.50. The molecule has 1 aromatic rings. The maximum Gasteiger partial charge on any atom is 0.253 e. The molecule has 1 N–H and O–H groups in total. The second-order valence-electron chi connectivity index (χ2n) is 6.52. The van der Waals surface area contributed by atoms with Gasteiger partial charge in [0, 0.05) is 50.2 Å². The molecular formula is C18H25N3O2. The molecule has 2 heterocycles. The Morgan fingerprint density at radius 1 is 1.09 bits per heavy atom. The van der Waals surface area contributed by atoms with Crippen LogP contribution in [0.3, 0.4) is 0 Å². The molecule has 0 spiro atoms. The van der Waals surface area contributed by atoms with E-state index >= 15 is 0 Å². The Hall–Kier alpha value is -1.88. The van der Waals surface area contributed by atoms with Gasteiger partial charge in [-0.05, 0) is 31.9 Å². The molecule has 1 atom stereocenters. The molecule has 5 nitrogen and oxygen atoms in total. The summed E-state index contributed by atoms with van der Waals surface area (Å²) in [4.78, 5) is 29.0. The van der Waals surface area contributed by atoms with Gasteiger partial charge in [0.15, 0.2) is 0 Å². The number of piperazine rings is 1. The Kier molecular flexibility index (Phi) is 4.96. The third-order valence-corrected chi connectivity index (χ3v) is 4.94. The number of hydrogen-bond donors (Lipinski definition) is 1. The number of piperidine rings is 1. The van der Waals surface area contributed by atoms with Crippen molar-refractivity contribution in [2.45, 2.75) is 25.8 Å². The highest BCUT2D eigenvalue weighted by molar-refractivity contribution is 5.94. The SMILES string of the molecule is C[C@H]1CNCCN1C(=O)C1CCN(C(=O)c2ccccc2)CC1. The average molecular weight is 315 g/mol. The van der Waals surface area contributed by atoms with Crippen molar-refractivity contribution >= 4 is 11.8 Å². The Morgan fingerprint density at radius 2 is 1.78 bits per heavy atom. The van der Waals surface area contributed by atoms with Crippen molar-refractivity contribution in [1.29, 1.82) is 0 Å². The predicted molar refractivity (Wildman–Crippen MR) is 89.1 cm³/mol. The Morgan fingerprint density at radius 3 is 2.43 bits per heavy atom. The zero-order chi connectivity index (χ0) is 16.2. The summed E-state index contributed by atoms with van der Waals surface area (Å²) in [6.07, 6.45) is 1.54. The standard InChI is InChI=1S/C18H25N3O2/c1-14-13-19-9-12-21(14)18(23)16-7-10-20(11-8-16)17(22)15-5-3-2-4-6-15/h2-6,14,16,19H,7-13H2,1H3/t14-/m0/s1. The van der Waals surface area contributed by atoms with E-state index in [1.165, 1.54) is 0 Å². The zero-order valence-corrected chi connectivity index (χ0v) is 13.7. The first-order chi connectivity index (χ1) is 11.2. The van der Waals surface area contributed by atoms with Crippen LogP contribution in [0, 0.1) is 5.92 Å². The number of carbonyl (C=O) groups excluding carboxylic acids is 2. The number of benzene rings is 1. The average Bonchev–Trinajstić information content (AvgIpc) is 2.62. The van der Waals surface area contributed by atoms with E-state index in [0.29, 0.717) is 13.1 Å². The Labute approximate surface area is 137 Å². The van der Waals surface area contributed by atoms with E-state index in [-0.39, 0.29) is 23.8 Å². The molecule has 0 aromatic heterocycles. The summed E-state index contributed by atoms with van der Waals surface area (Å²) in [6.45, 7) is 5.98. The second-order valence-corrected chi connectivity index (χ2v) is 6.52. The highest BCUT2D eigenvalue weighted by atomic mass is 16.2. The van der Waals surface area contributed by atoms with E-state index in [1.54, 1.807) is 0 Å². The summed E-state index contributed by atoms with van der Waals surface area (Å²) >= 11 is 0. The first-order valence-electron chi connectivity index (χ1n) is 8.52. The van der Waals surface area contributed by atoms with Crippen LogP contribution in [0.15, 0.2) is 30.3 Å². The lowest BCUT2D eigenvalue weighted by molar-refractivity contribution is -0.139. The van der Waals surface area contributed by atoms with Crippen molar-refractivity contribution in [3.63, 3.8) is 0 Å². The Bertz CT molecular complexity index is 553. The molecule has 0 unspecified atom stereocenters. The van der Waals surface area contributed by atoms with Gasteiger partial charge in [0.25, 0.3) is 5.91 Å². The molecule has 0 radical (unpaired) electrons. The minimum absolute atomic E-state index is 0.0652. The molecule has 2 aliphatic heterocycles. The third-order valence-electron chi connectivity index (χ3n) is 4.94. The van der Waals surface area contributed by atoms with E-state index in [0.717, 1.165) is 38.0 Å². The van der Waals surface area contributed by atoms with Crippen LogP contribution in [0.4, 0.5) is 0 Å². The molecule has 2 saturated heterocycles. The summed E-state index contributed by atoms with van der Waals surface area (Å²) in [7, 11) is 0. The molecule has 2 amide bonds. The van der Waals surface area contributed by atoms with E-state index in [9.17, 15) is 9.59 Å². The first-order valence-corrected chi connectivity index (χ1v) is 8.52. The van der Waals surface area contributed by atoms with Crippen molar-refractivity contribution in [3.8, 4) is 0 Å². The molecule has 5 heteroatoms. The molecule has 23 heavy (non-hydrogen) atoms. The van der Waals surface area contributed by atoms with Gasteiger partial charge in [-0.2, -0.15) is 0 Å². The number of hydrogen-bond acceptors (Lipinski definition) is 3. The van der Waals surface area contributed by atoms with E-state index in [1.807, 2.05) is 40.1 Å². The summed E-state index contributed by atoms with van der Waals surface area (Å²) in [5.74, 6) is 0.410. The quantitative estimate of drug-likeness (QED) is 0.896. The van der Waals surface area contributed by atoms with Gasteiger partial charge in [-0.25, -0.2) is 0 Å². The molecular weight excluding hydrogens is 290 g/mol.